The zero-order valence-corrected chi connectivity index (χ0v) is 15.3. The van der Waals surface area contributed by atoms with Gasteiger partial charge in [-0.1, -0.05) is 48.5 Å². The van der Waals surface area contributed by atoms with Crippen LogP contribution in [0.25, 0.3) is 16.9 Å². The van der Waals surface area contributed by atoms with Gasteiger partial charge in [-0.3, -0.25) is 4.79 Å². The number of fused-ring (bicyclic) bond motifs is 1. The number of aromatic nitrogens is 4. The van der Waals surface area contributed by atoms with Gasteiger partial charge in [0, 0.05) is 5.56 Å². The summed E-state index contributed by atoms with van der Waals surface area (Å²) in [6.07, 6.45) is -0.630. The highest BCUT2D eigenvalue weighted by Crippen LogP contribution is 2.17. The summed E-state index contributed by atoms with van der Waals surface area (Å²) >= 11 is 0. The standard InChI is InChI=1S/C21H19N5O2/c1-15(28-17-10-6-3-7-11-17)21(27)22-14-20-24-23-19-13-12-18(25-26(19)20)16-8-4-2-5-9-16/h2-13,15H,14H2,1H3,(H,22,27)/t15-/m0/s1. The lowest BCUT2D eigenvalue weighted by Crippen LogP contribution is -2.36. The molecule has 0 aliphatic carbocycles. The van der Waals surface area contributed by atoms with E-state index in [4.69, 9.17) is 4.74 Å². The first-order chi connectivity index (χ1) is 13.7. The van der Waals surface area contributed by atoms with Crippen LogP contribution >= 0.6 is 0 Å². The van der Waals surface area contributed by atoms with Gasteiger partial charge in [0.15, 0.2) is 17.6 Å². The maximum absolute atomic E-state index is 12.4. The first kappa shape index (κ1) is 17.7. The topological polar surface area (TPSA) is 81.4 Å². The van der Waals surface area contributed by atoms with Crippen molar-refractivity contribution in [1.29, 1.82) is 0 Å². The van der Waals surface area contributed by atoms with Gasteiger partial charge in [0.25, 0.3) is 5.91 Å². The van der Waals surface area contributed by atoms with Crippen LogP contribution in [0.5, 0.6) is 5.75 Å². The summed E-state index contributed by atoms with van der Waals surface area (Å²) in [5.74, 6) is 0.958. The monoisotopic (exact) mass is 373 g/mol. The second kappa shape index (κ2) is 7.87. The lowest BCUT2D eigenvalue weighted by atomic mass is 10.1. The maximum atomic E-state index is 12.4. The number of carbonyl (C=O) groups is 1. The van der Waals surface area contributed by atoms with Gasteiger partial charge in [-0.25, -0.2) is 0 Å². The van der Waals surface area contributed by atoms with Crippen molar-refractivity contribution in [2.75, 3.05) is 0 Å². The van der Waals surface area contributed by atoms with E-state index in [1.807, 2.05) is 72.8 Å². The Labute approximate surface area is 162 Å². The minimum absolute atomic E-state index is 0.202. The van der Waals surface area contributed by atoms with Crippen molar-refractivity contribution in [2.24, 2.45) is 0 Å². The van der Waals surface area contributed by atoms with Crippen LogP contribution in [0.2, 0.25) is 0 Å². The Morgan fingerprint density at radius 1 is 1.00 bits per heavy atom. The Hall–Kier alpha value is -3.74. The predicted molar refractivity (Wildman–Crippen MR) is 105 cm³/mol. The normalized spacial score (nSPS) is 11.9. The molecular weight excluding hydrogens is 354 g/mol. The van der Waals surface area contributed by atoms with Gasteiger partial charge < -0.3 is 10.1 Å². The minimum Gasteiger partial charge on any atom is -0.481 e. The van der Waals surface area contributed by atoms with Crippen molar-refractivity contribution >= 4 is 11.6 Å². The van der Waals surface area contributed by atoms with E-state index >= 15 is 0 Å². The van der Waals surface area contributed by atoms with E-state index in [0.29, 0.717) is 17.2 Å². The summed E-state index contributed by atoms with van der Waals surface area (Å²) in [7, 11) is 0. The smallest absolute Gasteiger partial charge is 0.261 e. The molecule has 0 fully saturated rings. The van der Waals surface area contributed by atoms with Crippen LogP contribution in [0.1, 0.15) is 12.7 Å². The molecule has 2 aromatic heterocycles. The Balaban J connectivity index is 1.46. The molecule has 1 N–H and O–H groups in total. The highest BCUT2D eigenvalue weighted by Gasteiger charge is 2.16. The third-order valence-corrected chi connectivity index (χ3v) is 4.24. The number of hydrogen-bond donors (Lipinski definition) is 1. The number of carbonyl (C=O) groups excluding carboxylic acids is 1. The summed E-state index contributed by atoms with van der Waals surface area (Å²) in [5, 5.41) is 15.7. The Morgan fingerprint density at radius 2 is 1.71 bits per heavy atom. The van der Waals surface area contributed by atoms with Gasteiger partial charge in [0.1, 0.15) is 5.75 Å². The average Bonchev–Trinajstić information content (AvgIpc) is 3.15. The van der Waals surface area contributed by atoms with Crippen LogP contribution in [0.15, 0.2) is 72.8 Å². The number of rotatable bonds is 6. The maximum Gasteiger partial charge on any atom is 0.261 e. The van der Waals surface area contributed by atoms with Crippen molar-refractivity contribution in [2.45, 2.75) is 19.6 Å². The molecule has 4 rings (SSSR count). The molecule has 0 saturated carbocycles. The van der Waals surface area contributed by atoms with E-state index in [0.717, 1.165) is 11.3 Å². The Kier molecular flexibility index (Phi) is 4.97. The molecule has 0 radical (unpaired) electrons. The van der Waals surface area contributed by atoms with Crippen LogP contribution in [0.3, 0.4) is 0 Å². The highest BCUT2D eigenvalue weighted by atomic mass is 16.5. The van der Waals surface area contributed by atoms with E-state index in [-0.39, 0.29) is 12.5 Å². The van der Waals surface area contributed by atoms with Crippen LogP contribution in [-0.2, 0) is 11.3 Å². The summed E-state index contributed by atoms with van der Waals surface area (Å²) in [4.78, 5) is 12.4. The molecule has 7 heteroatoms. The second-order valence-corrected chi connectivity index (χ2v) is 6.26. The molecule has 0 aliphatic heterocycles. The van der Waals surface area contributed by atoms with Gasteiger partial charge >= 0.3 is 0 Å². The fourth-order valence-corrected chi connectivity index (χ4v) is 2.77. The third-order valence-electron chi connectivity index (χ3n) is 4.24. The molecule has 0 aliphatic rings. The molecule has 140 valence electrons. The average molecular weight is 373 g/mol. The quantitative estimate of drug-likeness (QED) is 0.562. The van der Waals surface area contributed by atoms with Gasteiger partial charge in [-0.2, -0.15) is 9.61 Å². The largest absolute Gasteiger partial charge is 0.481 e. The van der Waals surface area contributed by atoms with Crippen molar-refractivity contribution in [3.63, 3.8) is 0 Å². The predicted octanol–water partition coefficient (Wildman–Crippen LogP) is 2.88. The molecule has 0 bridgehead atoms. The third kappa shape index (κ3) is 3.83. The van der Waals surface area contributed by atoms with Crippen LogP contribution in [0.4, 0.5) is 0 Å². The van der Waals surface area contributed by atoms with E-state index in [1.54, 1.807) is 11.4 Å². The van der Waals surface area contributed by atoms with Crippen molar-refractivity contribution in [1.82, 2.24) is 25.1 Å². The summed E-state index contributed by atoms with van der Waals surface area (Å²) in [6, 6.07) is 22.8. The van der Waals surface area contributed by atoms with Crippen molar-refractivity contribution < 1.29 is 9.53 Å². The number of nitrogens with zero attached hydrogens (tertiary/aromatic N) is 4. The number of amides is 1. The van der Waals surface area contributed by atoms with E-state index in [2.05, 4.69) is 20.6 Å². The van der Waals surface area contributed by atoms with E-state index in [1.165, 1.54) is 0 Å². The first-order valence-electron chi connectivity index (χ1n) is 8.97. The summed E-state index contributed by atoms with van der Waals surface area (Å²) < 4.78 is 7.28. The number of hydrogen-bond acceptors (Lipinski definition) is 5. The van der Waals surface area contributed by atoms with E-state index in [9.17, 15) is 4.79 Å². The zero-order chi connectivity index (χ0) is 19.3. The number of ether oxygens (including phenoxy) is 1. The van der Waals surface area contributed by atoms with Crippen LogP contribution in [-0.4, -0.2) is 31.8 Å². The number of para-hydroxylation sites is 1. The molecular formula is C21H19N5O2. The Bertz CT molecular complexity index is 1080. The van der Waals surface area contributed by atoms with Gasteiger partial charge in [-0.05, 0) is 31.2 Å². The highest BCUT2D eigenvalue weighted by molar-refractivity contribution is 5.80. The second-order valence-electron chi connectivity index (χ2n) is 6.26. The van der Waals surface area contributed by atoms with Crippen molar-refractivity contribution in [3.8, 4) is 17.0 Å². The zero-order valence-electron chi connectivity index (χ0n) is 15.3. The van der Waals surface area contributed by atoms with Gasteiger partial charge in [0.2, 0.25) is 0 Å². The summed E-state index contributed by atoms with van der Waals surface area (Å²) in [5.41, 5.74) is 2.43. The lowest BCUT2D eigenvalue weighted by Gasteiger charge is -2.14. The van der Waals surface area contributed by atoms with E-state index < -0.39 is 6.10 Å². The van der Waals surface area contributed by atoms with Crippen LogP contribution in [0, 0.1) is 0 Å². The SMILES string of the molecule is C[C@H](Oc1ccccc1)C(=O)NCc1nnc2ccc(-c3ccccc3)nn12. The lowest BCUT2D eigenvalue weighted by molar-refractivity contribution is -0.127. The molecule has 7 nitrogen and oxygen atoms in total. The molecule has 1 atom stereocenters. The van der Waals surface area contributed by atoms with Crippen molar-refractivity contribution in [3.05, 3.63) is 78.6 Å². The fourth-order valence-electron chi connectivity index (χ4n) is 2.77. The molecule has 0 saturated heterocycles. The van der Waals surface area contributed by atoms with Crippen LogP contribution < -0.4 is 10.1 Å². The van der Waals surface area contributed by atoms with Gasteiger partial charge in [0.05, 0.1) is 12.2 Å². The number of nitrogens with one attached hydrogen (secondary N) is 1. The first-order valence-corrected chi connectivity index (χ1v) is 8.97. The fraction of sp³-hybridized carbons (Fsp3) is 0.143. The molecule has 0 unspecified atom stereocenters. The summed E-state index contributed by atoms with van der Waals surface area (Å²) in [6.45, 7) is 1.91. The molecule has 1 amide bonds. The number of benzene rings is 2. The molecule has 28 heavy (non-hydrogen) atoms. The molecule has 4 aromatic rings. The molecule has 2 aromatic carbocycles. The van der Waals surface area contributed by atoms with Gasteiger partial charge in [-0.15, -0.1) is 10.2 Å². The minimum atomic E-state index is -0.630. The molecule has 2 heterocycles. The molecule has 0 spiro atoms. The Morgan fingerprint density at radius 3 is 2.46 bits per heavy atom.